The molecule has 21 heavy (non-hydrogen) atoms. The molecule has 2 aromatic carbocycles. The van der Waals surface area contributed by atoms with Gasteiger partial charge in [-0.05, 0) is 24.0 Å². The van der Waals surface area contributed by atoms with Gasteiger partial charge in [-0.15, -0.1) is 11.8 Å². The Morgan fingerprint density at radius 3 is 2.57 bits per heavy atom. The van der Waals surface area contributed by atoms with Crippen LogP contribution in [-0.2, 0) is 6.61 Å². The first-order valence-electron chi connectivity index (χ1n) is 6.59. The molecule has 0 saturated heterocycles. The molecule has 0 saturated carbocycles. The summed E-state index contributed by atoms with van der Waals surface area (Å²) in [4.78, 5) is 1.31. The number of rotatable bonds is 6. The number of benzene rings is 2. The lowest BCUT2D eigenvalue weighted by Crippen LogP contribution is -2.12. The second-order valence-electron chi connectivity index (χ2n) is 4.29. The van der Waals surface area contributed by atoms with Crippen molar-refractivity contribution in [2.45, 2.75) is 18.4 Å². The third-order valence-corrected chi connectivity index (χ3v) is 4.04. The van der Waals surface area contributed by atoms with Crippen molar-refractivity contribution < 1.29 is 9.84 Å². The fraction of sp³-hybridized carbons (Fsp3) is 0.188. The maximum Gasteiger partial charge on any atom is 0.138 e. The molecule has 0 aliphatic carbocycles. The van der Waals surface area contributed by atoms with Gasteiger partial charge in [0.05, 0.1) is 12.2 Å². The average molecular weight is 319 g/mol. The van der Waals surface area contributed by atoms with Crippen molar-refractivity contribution in [1.82, 2.24) is 0 Å². The normalized spacial score (nSPS) is 10.4. The summed E-state index contributed by atoms with van der Waals surface area (Å²) in [6.07, 6.45) is 0. The number of aliphatic hydroxyl groups excluding tert-OH is 1. The Morgan fingerprint density at radius 1 is 1.19 bits per heavy atom. The van der Waals surface area contributed by atoms with Crippen LogP contribution in [0.15, 0.2) is 47.4 Å². The Labute approximate surface area is 134 Å². The minimum Gasteiger partial charge on any atom is -0.456 e. The number of thiocarbonyl (C=S) groups is 1. The number of nitrogens with two attached hydrogens (primary N) is 1. The Hall–Kier alpha value is -1.56. The standard InChI is InChI=1S/C16H17NO2S2/c1-2-21-14-9-5-8-13(15(14)16(17)20)19-12-7-4-3-6-11(12)10-18/h3-9,18H,2,10H2,1H3,(H2,17,20). The molecule has 0 spiro atoms. The minimum absolute atomic E-state index is 0.0814. The van der Waals surface area contributed by atoms with E-state index in [4.69, 9.17) is 22.7 Å². The SMILES string of the molecule is CCSc1cccc(Oc2ccccc2CO)c1C(N)=S. The Kier molecular flexibility index (Phi) is 5.61. The lowest BCUT2D eigenvalue weighted by Gasteiger charge is -2.15. The summed E-state index contributed by atoms with van der Waals surface area (Å²) in [5, 5.41) is 9.38. The molecule has 2 rings (SSSR count). The fourth-order valence-electron chi connectivity index (χ4n) is 1.97. The number of aliphatic hydroxyl groups is 1. The molecular formula is C16H17NO2S2. The molecule has 0 atom stereocenters. The third-order valence-electron chi connectivity index (χ3n) is 2.90. The van der Waals surface area contributed by atoms with Crippen LogP contribution < -0.4 is 10.5 Å². The van der Waals surface area contributed by atoms with Gasteiger partial charge in [-0.3, -0.25) is 0 Å². The van der Waals surface area contributed by atoms with E-state index >= 15 is 0 Å². The molecule has 0 bridgehead atoms. The van der Waals surface area contributed by atoms with E-state index in [-0.39, 0.29) is 6.61 Å². The van der Waals surface area contributed by atoms with E-state index < -0.39 is 0 Å². The van der Waals surface area contributed by atoms with Crippen molar-refractivity contribution in [3.8, 4) is 11.5 Å². The molecule has 3 N–H and O–H groups in total. The highest BCUT2D eigenvalue weighted by atomic mass is 32.2. The predicted molar refractivity (Wildman–Crippen MR) is 91.2 cm³/mol. The van der Waals surface area contributed by atoms with Crippen molar-refractivity contribution in [2.75, 3.05) is 5.75 Å². The molecule has 0 aromatic heterocycles. The van der Waals surface area contributed by atoms with Gasteiger partial charge < -0.3 is 15.6 Å². The van der Waals surface area contributed by atoms with Crippen LogP contribution >= 0.6 is 24.0 Å². The summed E-state index contributed by atoms with van der Waals surface area (Å²) >= 11 is 6.83. The molecule has 0 amide bonds. The largest absolute Gasteiger partial charge is 0.456 e. The number of hydrogen-bond acceptors (Lipinski definition) is 4. The van der Waals surface area contributed by atoms with Crippen LogP contribution in [0.3, 0.4) is 0 Å². The Balaban J connectivity index is 2.44. The van der Waals surface area contributed by atoms with Crippen molar-refractivity contribution in [3.05, 3.63) is 53.6 Å². The molecule has 2 aromatic rings. The van der Waals surface area contributed by atoms with Crippen LogP contribution in [0.4, 0.5) is 0 Å². The van der Waals surface area contributed by atoms with Gasteiger partial charge in [0.2, 0.25) is 0 Å². The second kappa shape index (κ2) is 7.45. The van der Waals surface area contributed by atoms with Crippen molar-refractivity contribution in [1.29, 1.82) is 0 Å². The van der Waals surface area contributed by atoms with Crippen LogP contribution in [0.1, 0.15) is 18.1 Å². The van der Waals surface area contributed by atoms with Gasteiger partial charge in [-0.25, -0.2) is 0 Å². The monoisotopic (exact) mass is 319 g/mol. The van der Waals surface area contributed by atoms with E-state index in [1.54, 1.807) is 11.8 Å². The summed E-state index contributed by atoms with van der Waals surface area (Å²) in [5.41, 5.74) is 7.32. The van der Waals surface area contributed by atoms with Gasteiger partial charge in [-0.2, -0.15) is 0 Å². The van der Waals surface area contributed by atoms with E-state index in [0.29, 0.717) is 16.5 Å². The molecule has 110 valence electrons. The molecule has 0 heterocycles. The minimum atomic E-state index is -0.0814. The summed E-state index contributed by atoms with van der Waals surface area (Å²) < 4.78 is 5.94. The molecule has 5 heteroatoms. The van der Waals surface area contributed by atoms with E-state index in [9.17, 15) is 5.11 Å². The first-order chi connectivity index (χ1) is 10.2. The van der Waals surface area contributed by atoms with E-state index in [0.717, 1.165) is 21.8 Å². The molecule has 3 nitrogen and oxygen atoms in total. The van der Waals surface area contributed by atoms with Crippen LogP contribution in [-0.4, -0.2) is 15.8 Å². The highest BCUT2D eigenvalue weighted by molar-refractivity contribution is 7.99. The number of ether oxygens (including phenoxy) is 1. The molecule has 0 radical (unpaired) electrons. The summed E-state index contributed by atoms with van der Waals surface area (Å²) in [6.45, 7) is 1.99. The van der Waals surface area contributed by atoms with Crippen LogP contribution in [0.25, 0.3) is 0 Å². The van der Waals surface area contributed by atoms with Crippen molar-refractivity contribution in [2.24, 2.45) is 5.73 Å². The molecule has 0 unspecified atom stereocenters. The summed E-state index contributed by atoms with van der Waals surface area (Å²) in [6, 6.07) is 13.1. The van der Waals surface area contributed by atoms with Crippen LogP contribution in [0.2, 0.25) is 0 Å². The highest BCUT2D eigenvalue weighted by Gasteiger charge is 2.14. The Bertz CT molecular complexity index is 644. The zero-order chi connectivity index (χ0) is 15.2. The lowest BCUT2D eigenvalue weighted by atomic mass is 10.2. The number of para-hydroxylation sites is 1. The maximum absolute atomic E-state index is 9.38. The van der Waals surface area contributed by atoms with Gasteiger partial charge in [0, 0.05) is 10.5 Å². The van der Waals surface area contributed by atoms with Crippen molar-refractivity contribution >= 4 is 29.0 Å². The quantitative estimate of drug-likeness (QED) is 0.628. The molecule has 0 fully saturated rings. The van der Waals surface area contributed by atoms with E-state index in [1.165, 1.54) is 0 Å². The predicted octanol–water partition coefficient (Wildman–Crippen LogP) is 3.72. The Morgan fingerprint density at radius 2 is 1.90 bits per heavy atom. The highest BCUT2D eigenvalue weighted by Crippen LogP contribution is 2.34. The van der Waals surface area contributed by atoms with Gasteiger partial charge in [0.1, 0.15) is 16.5 Å². The fourth-order valence-corrected chi connectivity index (χ4v) is 3.08. The first kappa shape index (κ1) is 15.8. The van der Waals surface area contributed by atoms with Gasteiger partial charge >= 0.3 is 0 Å². The first-order valence-corrected chi connectivity index (χ1v) is 7.99. The van der Waals surface area contributed by atoms with Crippen LogP contribution in [0.5, 0.6) is 11.5 Å². The topological polar surface area (TPSA) is 55.5 Å². The van der Waals surface area contributed by atoms with Crippen LogP contribution in [0, 0.1) is 0 Å². The van der Waals surface area contributed by atoms with Gasteiger partial charge in [0.15, 0.2) is 0 Å². The average Bonchev–Trinajstić information content (AvgIpc) is 2.48. The van der Waals surface area contributed by atoms with E-state index in [2.05, 4.69) is 6.92 Å². The van der Waals surface area contributed by atoms with Gasteiger partial charge in [-0.1, -0.05) is 43.4 Å². The maximum atomic E-state index is 9.38. The zero-order valence-corrected chi connectivity index (χ0v) is 13.3. The lowest BCUT2D eigenvalue weighted by molar-refractivity contribution is 0.276. The van der Waals surface area contributed by atoms with E-state index in [1.807, 2.05) is 42.5 Å². The molecule has 0 aliphatic rings. The molecule has 0 aliphatic heterocycles. The summed E-state index contributed by atoms with van der Waals surface area (Å²) in [5.74, 6) is 2.14. The number of thioether (sulfide) groups is 1. The number of hydrogen-bond donors (Lipinski definition) is 2. The zero-order valence-electron chi connectivity index (χ0n) is 11.7. The smallest absolute Gasteiger partial charge is 0.138 e. The molecular weight excluding hydrogens is 302 g/mol. The second-order valence-corrected chi connectivity index (χ2v) is 6.04. The van der Waals surface area contributed by atoms with Gasteiger partial charge in [0.25, 0.3) is 0 Å². The third kappa shape index (κ3) is 3.75. The van der Waals surface area contributed by atoms with Crippen molar-refractivity contribution in [3.63, 3.8) is 0 Å². The summed E-state index contributed by atoms with van der Waals surface area (Å²) in [7, 11) is 0.